The van der Waals surface area contributed by atoms with Gasteiger partial charge < -0.3 is 10.1 Å². The summed E-state index contributed by atoms with van der Waals surface area (Å²) in [5.74, 6) is 0.547. The van der Waals surface area contributed by atoms with Gasteiger partial charge in [-0.15, -0.1) is 23.8 Å². The van der Waals surface area contributed by atoms with Crippen molar-refractivity contribution in [2.45, 2.75) is 92.3 Å². The number of carbonyl (C=O) groups is 1. The van der Waals surface area contributed by atoms with Gasteiger partial charge in [0.1, 0.15) is 0 Å². The molecule has 0 saturated carbocycles. The summed E-state index contributed by atoms with van der Waals surface area (Å²) < 4.78 is 0. The van der Waals surface area contributed by atoms with Crippen molar-refractivity contribution in [3.8, 4) is 11.3 Å². The van der Waals surface area contributed by atoms with Crippen molar-refractivity contribution in [3.63, 3.8) is 0 Å². The fraction of sp³-hybridized carbons (Fsp3) is 0.432. The van der Waals surface area contributed by atoms with E-state index in [0.29, 0.717) is 0 Å². The van der Waals surface area contributed by atoms with E-state index in [-0.39, 0.29) is 48.9 Å². The van der Waals surface area contributed by atoms with Crippen LogP contribution in [-0.4, -0.2) is 28.9 Å². The van der Waals surface area contributed by atoms with Crippen molar-refractivity contribution in [1.29, 1.82) is 0 Å². The zero-order chi connectivity index (χ0) is 30.8. The van der Waals surface area contributed by atoms with Crippen LogP contribution in [0.25, 0.3) is 32.8 Å². The first-order valence-electron chi connectivity index (χ1n) is 15.6. The predicted molar refractivity (Wildman–Crippen MR) is 180 cm³/mol. The zero-order valence-electron chi connectivity index (χ0n) is 27.3. The molecule has 0 atom stereocenters. The fourth-order valence-corrected chi connectivity index (χ4v) is 7.40. The average molecular weight is 772 g/mol. The SMILES string of the molecule is CC1(C)c2c(ncc3ccc([Si](C)(C)C)cc23)-c2[c-]ccc3cncc1c23.CCC(CC)C(=O)/C=C(\O)C(CC)CC.[Ir]. The first kappa shape index (κ1) is 34.8. The third-order valence-corrected chi connectivity index (χ3v) is 11.1. The third kappa shape index (κ3) is 6.87. The molecule has 4 aromatic rings. The maximum absolute atomic E-state index is 11.7. The van der Waals surface area contributed by atoms with Crippen LogP contribution in [0.2, 0.25) is 19.6 Å². The maximum Gasteiger partial charge on any atom is 0.162 e. The van der Waals surface area contributed by atoms with Crippen LogP contribution in [0.4, 0.5) is 0 Å². The van der Waals surface area contributed by atoms with E-state index in [4.69, 9.17) is 4.98 Å². The number of aromatic nitrogens is 2. The van der Waals surface area contributed by atoms with Gasteiger partial charge in [-0.1, -0.05) is 101 Å². The number of aliphatic hydroxyl groups is 1. The number of aliphatic hydroxyl groups excluding tert-OH is 1. The van der Waals surface area contributed by atoms with Gasteiger partial charge in [0, 0.05) is 62.0 Å². The maximum atomic E-state index is 11.7. The van der Waals surface area contributed by atoms with Gasteiger partial charge in [0.05, 0.1) is 13.8 Å². The van der Waals surface area contributed by atoms with Crippen molar-refractivity contribution in [2.75, 3.05) is 0 Å². The van der Waals surface area contributed by atoms with Crippen LogP contribution in [0.15, 0.2) is 60.8 Å². The van der Waals surface area contributed by atoms with Crippen LogP contribution in [-0.2, 0) is 30.3 Å². The number of rotatable bonds is 8. The Hall–Kier alpha value is -2.66. The number of allylic oxidation sites excluding steroid dienone is 2. The molecule has 1 radical (unpaired) electrons. The summed E-state index contributed by atoms with van der Waals surface area (Å²) in [6, 6.07) is 14.5. The number of hydrogen-bond donors (Lipinski definition) is 1. The van der Waals surface area contributed by atoms with Crippen molar-refractivity contribution < 1.29 is 30.0 Å². The van der Waals surface area contributed by atoms with Gasteiger partial charge in [-0.25, -0.2) is 0 Å². The molecule has 43 heavy (non-hydrogen) atoms. The number of ketones is 1. The molecule has 0 fully saturated rings. The quantitative estimate of drug-likeness (QED) is 0.0840. The van der Waals surface area contributed by atoms with Gasteiger partial charge in [0.25, 0.3) is 0 Å². The average Bonchev–Trinajstić information content (AvgIpc) is 2.96. The van der Waals surface area contributed by atoms with E-state index in [2.05, 4.69) is 68.8 Å². The smallest absolute Gasteiger partial charge is 0.162 e. The molecule has 0 bridgehead atoms. The largest absolute Gasteiger partial charge is 0.512 e. The Labute approximate surface area is 272 Å². The molecule has 2 heterocycles. The normalized spacial score (nSPS) is 13.9. The van der Waals surface area contributed by atoms with E-state index in [0.717, 1.165) is 42.3 Å². The van der Waals surface area contributed by atoms with Crippen molar-refractivity contribution in [3.05, 3.63) is 78.0 Å². The number of carbonyl (C=O) groups excluding carboxylic acids is 1. The van der Waals surface area contributed by atoms with Gasteiger partial charge in [-0.2, -0.15) is 0 Å². The Bertz CT molecular complexity index is 1620. The standard InChI is InChI=1S/C24H23N2Si.C13H24O2.Ir/c1-24(2)20-14-25-12-16-7-6-8-18(21(16)20)23-22(24)19-11-17(27(3,4)5)10-9-15(19)13-26-23;1-5-10(6-2)12(14)9-13(15)11(7-3)8-4;/h6-7,9-14H,1-5H3;9-11,14H,5-8H2,1-4H3;/q-1;;/b;12-9-;. The molecule has 6 heteroatoms. The molecular weight excluding hydrogens is 725 g/mol. The molecular formula is C37H47IrN2O2Si-. The summed E-state index contributed by atoms with van der Waals surface area (Å²) in [6.45, 7) is 19.9. The van der Waals surface area contributed by atoms with Gasteiger partial charge in [0.15, 0.2) is 5.78 Å². The molecule has 2 aromatic carbocycles. The van der Waals surface area contributed by atoms with Crippen LogP contribution < -0.4 is 5.19 Å². The van der Waals surface area contributed by atoms with Crippen LogP contribution in [0.3, 0.4) is 0 Å². The Morgan fingerprint density at radius 3 is 2.21 bits per heavy atom. The predicted octanol–water partition coefficient (Wildman–Crippen LogP) is 9.30. The summed E-state index contributed by atoms with van der Waals surface area (Å²) in [7, 11) is -1.40. The zero-order valence-corrected chi connectivity index (χ0v) is 30.7. The van der Waals surface area contributed by atoms with Crippen LogP contribution in [0.1, 0.15) is 78.4 Å². The second-order valence-corrected chi connectivity index (χ2v) is 18.2. The van der Waals surface area contributed by atoms with E-state index in [1.54, 1.807) is 0 Å². The Kier molecular flexibility index (Phi) is 11.3. The summed E-state index contributed by atoms with van der Waals surface area (Å²) in [6.07, 6.45) is 10.9. The van der Waals surface area contributed by atoms with Crippen molar-refractivity contribution >= 4 is 40.6 Å². The summed E-state index contributed by atoms with van der Waals surface area (Å²) >= 11 is 0. The van der Waals surface area contributed by atoms with Crippen LogP contribution in [0.5, 0.6) is 0 Å². The second-order valence-electron chi connectivity index (χ2n) is 13.2. The molecule has 0 unspecified atom stereocenters. The van der Waals surface area contributed by atoms with E-state index in [1.165, 1.54) is 38.5 Å². The van der Waals surface area contributed by atoms with Gasteiger partial charge in [-0.05, 0) is 47.7 Å². The first-order valence-corrected chi connectivity index (χ1v) is 19.1. The van der Waals surface area contributed by atoms with Gasteiger partial charge in [-0.3, -0.25) is 9.78 Å². The van der Waals surface area contributed by atoms with E-state index in [1.807, 2.05) is 52.4 Å². The molecule has 1 aliphatic rings. The number of benzene rings is 2. The Balaban J connectivity index is 0.000000274. The number of pyridine rings is 2. The monoisotopic (exact) mass is 772 g/mol. The minimum atomic E-state index is -1.40. The number of fused-ring (bicyclic) bond motifs is 4. The molecule has 1 aliphatic carbocycles. The number of nitrogens with zero attached hydrogens (tertiary/aromatic N) is 2. The van der Waals surface area contributed by atoms with Gasteiger partial charge in [0.2, 0.25) is 0 Å². The minimum Gasteiger partial charge on any atom is -0.512 e. The molecule has 0 aliphatic heterocycles. The van der Waals surface area contributed by atoms with E-state index < -0.39 is 8.07 Å². The molecule has 0 amide bonds. The molecule has 0 spiro atoms. The topological polar surface area (TPSA) is 63.1 Å². The summed E-state index contributed by atoms with van der Waals surface area (Å²) in [4.78, 5) is 21.2. The summed E-state index contributed by atoms with van der Waals surface area (Å²) in [5, 5.41) is 16.2. The van der Waals surface area contributed by atoms with Gasteiger partial charge >= 0.3 is 0 Å². The van der Waals surface area contributed by atoms with Crippen molar-refractivity contribution in [1.82, 2.24) is 9.97 Å². The minimum absolute atomic E-state index is 0. The molecule has 5 rings (SSSR count). The Morgan fingerprint density at radius 1 is 0.953 bits per heavy atom. The first-order chi connectivity index (χ1) is 19.9. The molecule has 231 valence electrons. The molecule has 4 nitrogen and oxygen atoms in total. The van der Waals surface area contributed by atoms with Crippen LogP contribution in [0, 0.1) is 17.9 Å². The van der Waals surface area contributed by atoms with Crippen molar-refractivity contribution in [2.24, 2.45) is 11.8 Å². The van der Waals surface area contributed by atoms with E-state index >= 15 is 0 Å². The Morgan fingerprint density at radius 2 is 1.60 bits per heavy atom. The number of hydrogen-bond acceptors (Lipinski definition) is 4. The molecule has 2 aromatic heterocycles. The van der Waals surface area contributed by atoms with Crippen LogP contribution >= 0.6 is 0 Å². The fourth-order valence-electron chi connectivity index (χ4n) is 6.24. The second kappa shape index (κ2) is 14.0. The van der Waals surface area contributed by atoms with E-state index in [9.17, 15) is 9.90 Å². The third-order valence-electron chi connectivity index (χ3n) is 9.09. The molecule has 1 N–H and O–H groups in total. The molecule has 0 saturated heterocycles. The summed E-state index contributed by atoms with van der Waals surface area (Å²) in [5.41, 5.74) is 4.61.